The Morgan fingerprint density at radius 1 is 1.04 bits per heavy atom. The fraction of sp³-hybridized carbons (Fsp3) is 0.238. The Labute approximate surface area is 164 Å². The minimum absolute atomic E-state index is 0.244. The number of nitrogens with one attached hydrogen (secondary N) is 2. The molecule has 0 aliphatic carbocycles. The van der Waals surface area contributed by atoms with Gasteiger partial charge in [0.25, 0.3) is 0 Å². The first-order valence-electron chi connectivity index (χ1n) is 8.77. The highest BCUT2D eigenvalue weighted by Gasteiger charge is 2.13. The number of aromatic nitrogens is 2. The molecule has 0 bridgehead atoms. The molecule has 140 valence electrons. The monoisotopic (exact) mass is 382 g/mol. The number of hydrogen-bond donors (Lipinski definition) is 2. The van der Waals surface area contributed by atoms with Crippen LogP contribution in [0.25, 0.3) is 0 Å². The van der Waals surface area contributed by atoms with Gasteiger partial charge in [-0.1, -0.05) is 18.2 Å². The molecule has 0 saturated heterocycles. The van der Waals surface area contributed by atoms with Crippen molar-refractivity contribution in [1.29, 1.82) is 0 Å². The van der Waals surface area contributed by atoms with Crippen LogP contribution in [0.3, 0.4) is 0 Å². The number of benzene rings is 2. The molecule has 0 amide bonds. The summed E-state index contributed by atoms with van der Waals surface area (Å²) in [6.07, 6.45) is 0. The maximum atomic E-state index is 13.4. The summed E-state index contributed by atoms with van der Waals surface area (Å²) in [4.78, 5) is 0. The van der Waals surface area contributed by atoms with Crippen LogP contribution < -0.4 is 10.6 Å². The van der Waals surface area contributed by atoms with E-state index in [9.17, 15) is 4.39 Å². The van der Waals surface area contributed by atoms with Crippen molar-refractivity contribution in [3.05, 3.63) is 76.4 Å². The fourth-order valence-electron chi connectivity index (χ4n) is 2.94. The van der Waals surface area contributed by atoms with Crippen LogP contribution in [0.15, 0.2) is 42.5 Å². The van der Waals surface area contributed by atoms with E-state index in [-0.39, 0.29) is 5.82 Å². The van der Waals surface area contributed by atoms with E-state index in [1.165, 1.54) is 23.3 Å². The standard InChI is InChI=1S/C21H23FN4S/c1-13-8-9-19(10-14(13)2)23-21(27)24-20-15(3)25-26(16(20)4)12-17-6-5-7-18(22)11-17/h5-11H,12H2,1-4H3,(H2,23,24,27). The second-order valence-corrected chi connectivity index (χ2v) is 7.12. The number of aryl methyl sites for hydroxylation is 3. The lowest BCUT2D eigenvalue weighted by molar-refractivity contribution is 0.616. The summed E-state index contributed by atoms with van der Waals surface area (Å²) in [5.74, 6) is -0.244. The Morgan fingerprint density at radius 3 is 2.52 bits per heavy atom. The quantitative estimate of drug-likeness (QED) is 0.615. The molecule has 6 heteroatoms. The van der Waals surface area contributed by atoms with Gasteiger partial charge in [-0.05, 0) is 80.9 Å². The van der Waals surface area contributed by atoms with Crippen LogP contribution in [0.5, 0.6) is 0 Å². The van der Waals surface area contributed by atoms with E-state index in [4.69, 9.17) is 12.2 Å². The molecule has 1 heterocycles. The van der Waals surface area contributed by atoms with Gasteiger partial charge >= 0.3 is 0 Å². The van der Waals surface area contributed by atoms with Gasteiger partial charge in [0.2, 0.25) is 0 Å². The van der Waals surface area contributed by atoms with Gasteiger partial charge in [0.05, 0.1) is 23.6 Å². The third-order valence-corrected chi connectivity index (χ3v) is 4.81. The fourth-order valence-corrected chi connectivity index (χ4v) is 3.15. The highest BCUT2D eigenvalue weighted by Crippen LogP contribution is 2.21. The second-order valence-electron chi connectivity index (χ2n) is 6.71. The summed E-state index contributed by atoms with van der Waals surface area (Å²) >= 11 is 5.46. The highest BCUT2D eigenvalue weighted by molar-refractivity contribution is 7.80. The van der Waals surface area contributed by atoms with Crippen LogP contribution in [-0.2, 0) is 6.54 Å². The van der Waals surface area contributed by atoms with Crippen LogP contribution >= 0.6 is 12.2 Å². The van der Waals surface area contributed by atoms with Crippen molar-refractivity contribution >= 4 is 28.7 Å². The summed E-state index contributed by atoms with van der Waals surface area (Å²) in [7, 11) is 0. The maximum absolute atomic E-state index is 13.4. The third kappa shape index (κ3) is 4.52. The van der Waals surface area contributed by atoms with Gasteiger partial charge in [0, 0.05) is 5.69 Å². The Hall–Kier alpha value is -2.73. The number of nitrogens with zero attached hydrogens (tertiary/aromatic N) is 2. The molecule has 0 saturated carbocycles. The van der Waals surface area contributed by atoms with Gasteiger partial charge in [-0.15, -0.1) is 0 Å². The molecule has 0 aliphatic heterocycles. The summed E-state index contributed by atoms with van der Waals surface area (Å²) in [6.45, 7) is 8.55. The van der Waals surface area contributed by atoms with Crippen LogP contribution in [0.1, 0.15) is 28.1 Å². The molecular formula is C21H23FN4S. The first-order valence-corrected chi connectivity index (χ1v) is 9.18. The lowest BCUT2D eigenvalue weighted by Gasteiger charge is -2.12. The first-order chi connectivity index (χ1) is 12.8. The minimum Gasteiger partial charge on any atom is -0.332 e. The Bertz CT molecular complexity index is 994. The molecule has 0 spiro atoms. The molecule has 0 radical (unpaired) electrons. The Kier molecular flexibility index (Phi) is 5.56. The summed E-state index contributed by atoms with van der Waals surface area (Å²) in [6, 6.07) is 12.7. The van der Waals surface area contributed by atoms with Gasteiger partial charge in [0.15, 0.2) is 5.11 Å². The third-order valence-electron chi connectivity index (χ3n) is 4.61. The van der Waals surface area contributed by atoms with Crippen molar-refractivity contribution < 1.29 is 4.39 Å². The molecule has 0 fully saturated rings. The van der Waals surface area contributed by atoms with E-state index in [0.29, 0.717) is 11.7 Å². The molecule has 3 rings (SSSR count). The van der Waals surface area contributed by atoms with Crippen molar-refractivity contribution in [2.24, 2.45) is 0 Å². The summed E-state index contributed by atoms with van der Waals surface area (Å²) in [5, 5.41) is 11.5. The SMILES string of the molecule is Cc1ccc(NC(=S)Nc2c(C)nn(Cc3cccc(F)c3)c2C)cc1C. The lowest BCUT2D eigenvalue weighted by Crippen LogP contribution is -2.20. The zero-order valence-corrected chi connectivity index (χ0v) is 16.7. The van der Waals surface area contributed by atoms with E-state index in [1.54, 1.807) is 6.07 Å². The smallest absolute Gasteiger partial charge is 0.175 e. The van der Waals surface area contributed by atoms with E-state index in [1.807, 2.05) is 30.7 Å². The number of anilines is 2. The highest BCUT2D eigenvalue weighted by atomic mass is 32.1. The molecular weight excluding hydrogens is 359 g/mol. The van der Waals surface area contributed by atoms with Crippen LogP contribution in [0, 0.1) is 33.5 Å². The predicted octanol–water partition coefficient (Wildman–Crippen LogP) is 5.11. The Morgan fingerprint density at radius 2 is 1.81 bits per heavy atom. The topological polar surface area (TPSA) is 41.9 Å². The number of thiocarbonyl (C=S) groups is 1. The van der Waals surface area contributed by atoms with E-state index < -0.39 is 0 Å². The van der Waals surface area contributed by atoms with E-state index >= 15 is 0 Å². The minimum atomic E-state index is -0.244. The number of halogens is 1. The molecule has 3 aromatic rings. The van der Waals surface area contributed by atoms with Crippen molar-refractivity contribution in [3.8, 4) is 0 Å². The number of hydrogen-bond acceptors (Lipinski definition) is 2. The molecule has 0 atom stereocenters. The normalized spacial score (nSPS) is 10.7. The molecule has 2 aromatic carbocycles. The molecule has 27 heavy (non-hydrogen) atoms. The molecule has 0 aliphatic rings. The van der Waals surface area contributed by atoms with Crippen molar-refractivity contribution in [2.45, 2.75) is 34.2 Å². The van der Waals surface area contributed by atoms with E-state index in [2.05, 4.69) is 41.7 Å². The van der Waals surface area contributed by atoms with E-state index in [0.717, 1.165) is 28.3 Å². The second kappa shape index (κ2) is 7.88. The van der Waals surface area contributed by atoms with Crippen LogP contribution in [0.4, 0.5) is 15.8 Å². The zero-order valence-electron chi connectivity index (χ0n) is 15.9. The van der Waals surface area contributed by atoms with Gasteiger partial charge in [-0.3, -0.25) is 4.68 Å². The van der Waals surface area contributed by atoms with Gasteiger partial charge in [-0.2, -0.15) is 5.10 Å². The van der Waals surface area contributed by atoms with Gasteiger partial charge in [0.1, 0.15) is 5.82 Å². The predicted molar refractivity (Wildman–Crippen MR) is 113 cm³/mol. The first kappa shape index (κ1) is 19.0. The largest absolute Gasteiger partial charge is 0.332 e. The van der Waals surface area contributed by atoms with Crippen LogP contribution in [0.2, 0.25) is 0 Å². The zero-order chi connectivity index (χ0) is 19.6. The summed E-state index contributed by atoms with van der Waals surface area (Å²) in [5.41, 5.74) is 6.91. The molecule has 1 aromatic heterocycles. The van der Waals surface area contributed by atoms with Crippen molar-refractivity contribution in [2.75, 3.05) is 10.6 Å². The maximum Gasteiger partial charge on any atom is 0.175 e. The lowest BCUT2D eigenvalue weighted by atomic mass is 10.1. The van der Waals surface area contributed by atoms with Crippen molar-refractivity contribution in [3.63, 3.8) is 0 Å². The number of rotatable bonds is 4. The van der Waals surface area contributed by atoms with Gasteiger partial charge in [-0.25, -0.2) is 4.39 Å². The summed E-state index contributed by atoms with van der Waals surface area (Å²) < 4.78 is 15.3. The molecule has 2 N–H and O–H groups in total. The Balaban J connectivity index is 1.74. The molecule has 0 unspecified atom stereocenters. The average molecular weight is 383 g/mol. The average Bonchev–Trinajstić information content (AvgIpc) is 2.86. The van der Waals surface area contributed by atoms with Crippen molar-refractivity contribution in [1.82, 2.24) is 9.78 Å². The van der Waals surface area contributed by atoms with Crippen LogP contribution in [-0.4, -0.2) is 14.9 Å². The van der Waals surface area contributed by atoms with Gasteiger partial charge < -0.3 is 10.6 Å². The molecule has 4 nitrogen and oxygen atoms in total.